The normalized spacial score (nSPS) is 16.1. The largest absolute Gasteiger partial charge is 0.475 e. The van der Waals surface area contributed by atoms with Crippen LogP contribution >= 0.6 is 0 Å². The van der Waals surface area contributed by atoms with Crippen molar-refractivity contribution in [2.75, 3.05) is 32.2 Å². The monoisotopic (exact) mass is 293 g/mol. The molecule has 1 fully saturated rings. The molecule has 1 aromatic rings. The third kappa shape index (κ3) is 4.41. The Morgan fingerprint density at radius 2 is 2.24 bits per heavy atom. The zero-order valence-corrected chi connectivity index (χ0v) is 12.4. The zero-order valence-electron chi connectivity index (χ0n) is 12.4. The minimum Gasteiger partial charge on any atom is -0.475 e. The van der Waals surface area contributed by atoms with Gasteiger partial charge in [0.1, 0.15) is 6.61 Å². The Balaban J connectivity index is 1.81. The molecule has 0 aromatic carbocycles. The van der Waals surface area contributed by atoms with Gasteiger partial charge in [0, 0.05) is 19.6 Å². The van der Waals surface area contributed by atoms with Gasteiger partial charge in [-0.25, -0.2) is 4.98 Å². The lowest BCUT2D eigenvalue weighted by Gasteiger charge is -2.40. The van der Waals surface area contributed by atoms with E-state index in [-0.39, 0.29) is 11.3 Å². The molecule has 3 N–H and O–H groups in total. The number of nitrogens with one attached hydrogen (secondary N) is 1. The van der Waals surface area contributed by atoms with Crippen LogP contribution in [0, 0.1) is 5.41 Å². The number of nitrogens with zero attached hydrogens (tertiary/aromatic N) is 1. The Morgan fingerprint density at radius 3 is 2.76 bits per heavy atom. The number of hydrogen-bond donors (Lipinski definition) is 2. The van der Waals surface area contributed by atoms with Crippen LogP contribution in [0.25, 0.3) is 0 Å². The average molecular weight is 293 g/mol. The standard InChI is InChI=1S/C15H23N3O3/c1-20-7-8-21-14-4-3-12(10-17-14)18-13(19)9-15(11-16)5-2-6-15/h3-4,10H,2,5-9,11,16H2,1H3,(H,18,19). The molecule has 1 amide bonds. The van der Waals surface area contributed by atoms with E-state index in [1.54, 1.807) is 25.4 Å². The highest BCUT2D eigenvalue weighted by Gasteiger charge is 2.37. The van der Waals surface area contributed by atoms with E-state index in [9.17, 15) is 4.79 Å². The van der Waals surface area contributed by atoms with E-state index in [0.717, 1.165) is 12.8 Å². The summed E-state index contributed by atoms with van der Waals surface area (Å²) in [6.07, 6.45) is 5.33. The Bertz CT molecular complexity index is 452. The molecule has 1 saturated carbocycles. The van der Waals surface area contributed by atoms with Crippen LogP contribution in [-0.4, -0.2) is 37.8 Å². The molecule has 6 heteroatoms. The number of carbonyl (C=O) groups excluding carboxylic acids is 1. The molecule has 1 aliphatic carbocycles. The highest BCUT2D eigenvalue weighted by Crippen LogP contribution is 2.43. The van der Waals surface area contributed by atoms with Crippen molar-refractivity contribution in [1.29, 1.82) is 0 Å². The van der Waals surface area contributed by atoms with Crippen molar-refractivity contribution in [3.8, 4) is 5.88 Å². The van der Waals surface area contributed by atoms with Gasteiger partial charge in [-0.05, 0) is 30.9 Å². The number of methoxy groups -OCH3 is 1. The third-order valence-electron chi connectivity index (χ3n) is 3.94. The van der Waals surface area contributed by atoms with Crippen LogP contribution < -0.4 is 15.8 Å². The van der Waals surface area contributed by atoms with Crippen LogP contribution in [0.3, 0.4) is 0 Å². The Kier molecular flexibility index (Phi) is 5.52. The molecule has 1 heterocycles. The van der Waals surface area contributed by atoms with Crippen LogP contribution in [-0.2, 0) is 9.53 Å². The molecule has 0 bridgehead atoms. The van der Waals surface area contributed by atoms with E-state index in [0.29, 0.717) is 37.7 Å². The number of amides is 1. The smallest absolute Gasteiger partial charge is 0.225 e. The summed E-state index contributed by atoms with van der Waals surface area (Å²) in [7, 11) is 1.62. The molecule has 6 nitrogen and oxygen atoms in total. The molecule has 2 rings (SSSR count). The SMILES string of the molecule is COCCOc1ccc(NC(=O)CC2(CN)CCC2)cn1. The van der Waals surface area contributed by atoms with Gasteiger partial charge in [-0.15, -0.1) is 0 Å². The first-order valence-corrected chi connectivity index (χ1v) is 7.25. The van der Waals surface area contributed by atoms with E-state index in [2.05, 4.69) is 10.3 Å². The van der Waals surface area contributed by atoms with Crippen molar-refractivity contribution in [1.82, 2.24) is 4.98 Å². The second-order valence-corrected chi connectivity index (χ2v) is 5.51. The Labute approximate surface area is 125 Å². The van der Waals surface area contributed by atoms with Crippen LogP contribution in [0.5, 0.6) is 5.88 Å². The number of anilines is 1. The number of pyridine rings is 1. The molecule has 1 aromatic heterocycles. The molecule has 1 aliphatic rings. The van der Waals surface area contributed by atoms with Crippen LogP contribution in [0.1, 0.15) is 25.7 Å². The van der Waals surface area contributed by atoms with Crippen LogP contribution in [0.15, 0.2) is 18.3 Å². The van der Waals surface area contributed by atoms with Gasteiger partial charge < -0.3 is 20.5 Å². The second-order valence-electron chi connectivity index (χ2n) is 5.51. The quantitative estimate of drug-likeness (QED) is 0.710. The van der Waals surface area contributed by atoms with E-state index in [4.69, 9.17) is 15.2 Å². The number of hydrogen-bond acceptors (Lipinski definition) is 5. The van der Waals surface area contributed by atoms with Crippen molar-refractivity contribution in [3.63, 3.8) is 0 Å². The summed E-state index contributed by atoms with van der Waals surface area (Å²) in [6, 6.07) is 3.51. The molecule has 0 radical (unpaired) electrons. The van der Waals surface area contributed by atoms with E-state index in [1.807, 2.05) is 0 Å². The first-order valence-electron chi connectivity index (χ1n) is 7.25. The zero-order chi connectivity index (χ0) is 15.1. The molecule has 0 spiro atoms. The van der Waals surface area contributed by atoms with Crippen molar-refractivity contribution in [2.45, 2.75) is 25.7 Å². The predicted molar refractivity (Wildman–Crippen MR) is 80.2 cm³/mol. The van der Waals surface area contributed by atoms with Gasteiger partial charge in [0.2, 0.25) is 11.8 Å². The highest BCUT2D eigenvalue weighted by atomic mass is 16.5. The maximum atomic E-state index is 12.0. The number of rotatable bonds is 8. The van der Waals surface area contributed by atoms with Crippen molar-refractivity contribution < 1.29 is 14.3 Å². The van der Waals surface area contributed by atoms with Crippen molar-refractivity contribution >= 4 is 11.6 Å². The van der Waals surface area contributed by atoms with E-state index >= 15 is 0 Å². The minimum atomic E-state index is -0.00463. The van der Waals surface area contributed by atoms with Gasteiger partial charge in [-0.2, -0.15) is 0 Å². The molecule has 0 atom stereocenters. The molecule has 116 valence electrons. The number of carbonyl (C=O) groups is 1. The minimum absolute atomic E-state index is 0.00463. The number of aromatic nitrogens is 1. The van der Waals surface area contributed by atoms with Gasteiger partial charge >= 0.3 is 0 Å². The summed E-state index contributed by atoms with van der Waals surface area (Å²) in [5.41, 5.74) is 6.46. The molecule has 0 saturated heterocycles. The second kappa shape index (κ2) is 7.38. The van der Waals surface area contributed by atoms with E-state index < -0.39 is 0 Å². The number of nitrogens with two attached hydrogens (primary N) is 1. The maximum absolute atomic E-state index is 12.0. The lowest BCUT2D eigenvalue weighted by atomic mass is 9.66. The van der Waals surface area contributed by atoms with Gasteiger partial charge in [-0.1, -0.05) is 6.42 Å². The average Bonchev–Trinajstić information content (AvgIpc) is 2.45. The molecular formula is C15H23N3O3. The summed E-state index contributed by atoms with van der Waals surface area (Å²) in [6.45, 7) is 1.54. The fraction of sp³-hybridized carbons (Fsp3) is 0.600. The van der Waals surface area contributed by atoms with Gasteiger partial charge in [-0.3, -0.25) is 4.79 Å². The summed E-state index contributed by atoms with van der Waals surface area (Å²) in [5, 5.41) is 2.86. The first-order chi connectivity index (χ1) is 10.2. The molecule has 21 heavy (non-hydrogen) atoms. The van der Waals surface area contributed by atoms with Gasteiger partial charge in [0.05, 0.1) is 18.5 Å². The summed E-state index contributed by atoms with van der Waals surface area (Å²) < 4.78 is 10.3. The first kappa shape index (κ1) is 15.7. The van der Waals surface area contributed by atoms with Crippen molar-refractivity contribution in [3.05, 3.63) is 18.3 Å². The van der Waals surface area contributed by atoms with Crippen molar-refractivity contribution in [2.24, 2.45) is 11.1 Å². The lowest BCUT2D eigenvalue weighted by Crippen LogP contribution is -2.40. The molecule has 0 unspecified atom stereocenters. The Morgan fingerprint density at radius 1 is 1.43 bits per heavy atom. The highest BCUT2D eigenvalue weighted by molar-refractivity contribution is 5.91. The topological polar surface area (TPSA) is 86.5 Å². The van der Waals surface area contributed by atoms with Crippen LogP contribution in [0.4, 0.5) is 5.69 Å². The fourth-order valence-electron chi connectivity index (χ4n) is 2.44. The maximum Gasteiger partial charge on any atom is 0.225 e. The number of ether oxygens (including phenoxy) is 2. The molecule has 0 aliphatic heterocycles. The Hall–Kier alpha value is -1.66. The summed E-state index contributed by atoms with van der Waals surface area (Å²) in [4.78, 5) is 16.2. The molecular weight excluding hydrogens is 270 g/mol. The summed E-state index contributed by atoms with van der Waals surface area (Å²) in [5.74, 6) is 0.512. The van der Waals surface area contributed by atoms with Gasteiger partial charge in [0.15, 0.2) is 0 Å². The van der Waals surface area contributed by atoms with Gasteiger partial charge in [0.25, 0.3) is 0 Å². The fourth-order valence-corrected chi connectivity index (χ4v) is 2.44. The van der Waals surface area contributed by atoms with Crippen LogP contribution in [0.2, 0.25) is 0 Å². The van der Waals surface area contributed by atoms with E-state index in [1.165, 1.54) is 6.42 Å². The third-order valence-corrected chi connectivity index (χ3v) is 3.94. The lowest BCUT2D eigenvalue weighted by molar-refractivity contribution is -0.119. The summed E-state index contributed by atoms with van der Waals surface area (Å²) >= 11 is 0. The predicted octanol–water partition coefficient (Wildman–Crippen LogP) is 1.56.